The Morgan fingerprint density at radius 3 is 2.56 bits per heavy atom. The van der Waals surface area contributed by atoms with E-state index in [-0.39, 0.29) is 18.1 Å². The maximum atomic E-state index is 13.2. The Bertz CT molecular complexity index is 804. The first-order chi connectivity index (χ1) is 11.9. The third kappa shape index (κ3) is 2.80. The van der Waals surface area contributed by atoms with Crippen molar-refractivity contribution in [3.05, 3.63) is 70.8 Å². The van der Waals surface area contributed by atoms with Crippen LogP contribution in [0.2, 0.25) is 0 Å². The number of hydrogen-bond acceptors (Lipinski definition) is 2. The van der Waals surface area contributed by atoms with Crippen LogP contribution in [0.5, 0.6) is 0 Å². The van der Waals surface area contributed by atoms with Crippen LogP contribution in [-0.2, 0) is 28.9 Å². The van der Waals surface area contributed by atoms with Crippen molar-refractivity contribution in [1.82, 2.24) is 4.90 Å². The molecule has 3 nitrogen and oxygen atoms in total. The van der Waals surface area contributed by atoms with E-state index < -0.39 is 23.8 Å². The third-order valence-electron chi connectivity index (χ3n) is 4.86. The SMILES string of the molecule is O=C1[C@H]2c3cccc(C(F)(F)F)c3CO[C@@H]2CN1Cc1ccccc1. The zero-order chi connectivity index (χ0) is 17.6. The molecule has 2 aromatic rings. The van der Waals surface area contributed by atoms with Crippen LogP contribution < -0.4 is 0 Å². The lowest BCUT2D eigenvalue weighted by Gasteiger charge is -2.28. The minimum Gasteiger partial charge on any atom is -0.370 e. The maximum absolute atomic E-state index is 13.2. The molecule has 4 rings (SSSR count). The molecule has 2 aromatic carbocycles. The molecule has 0 aliphatic carbocycles. The van der Waals surface area contributed by atoms with E-state index in [0.717, 1.165) is 11.6 Å². The fourth-order valence-corrected chi connectivity index (χ4v) is 3.71. The van der Waals surface area contributed by atoms with Gasteiger partial charge in [-0.2, -0.15) is 13.2 Å². The number of nitrogens with zero attached hydrogens (tertiary/aromatic N) is 1. The summed E-state index contributed by atoms with van der Waals surface area (Å²) in [6.45, 7) is 0.719. The topological polar surface area (TPSA) is 29.5 Å². The molecule has 0 radical (unpaired) electrons. The van der Waals surface area contributed by atoms with Crippen LogP contribution in [0.3, 0.4) is 0 Å². The van der Waals surface area contributed by atoms with Crippen molar-refractivity contribution in [1.29, 1.82) is 0 Å². The summed E-state index contributed by atoms with van der Waals surface area (Å²) in [6.07, 6.45) is -4.85. The summed E-state index contributed by atoms with van der Waals surface area (Å²) >= 11 is 0. The molecule has 2 heterocycles. The lowest BCUT2D eigenvalue weighted by atomic mass is 9.86. The van der Waals surface area contributed by atoms with E-state index in [1.54, 1.807) is 11.0 Å². The molecule has 0 spiro atoms. The third-order valence-corrected chi connectivity index (χ3v) is 4.86. The Hall–Kier alpha value is -2.34. The van der Waals surface area contributed by atoms with Crippen LogP contribution in [0.15, 0.2) is 48.5 Å². The summed E-state index contributed by atoms with van der Waals surface area (Å²) in [4.78, 5) is 14.5. The van der Waals surface area contributed by atoms with Crippen LogP contribution in [0.1, 0.15) is 28.2 Å². The smallest absolute Gasteiger partial charge is 0.370 e. The van der Waals surface area contributed by atoms with Crippen molar-refractivity contribution in [3.8, 4) is 0 Å². The normalized spacial score (nSPS) is 22.7. The van der Waals surface area contributed by atoms with Gasteiger partial charge in [0.15, 0.2) is 0 Å². The van der Waals surface area contributed by atoms with Crippen molar-refractivity contribution in [2.45, 2.75) is 31.3 Å². The van der Waals surface area contributed by atoms with Crippen LogP contribution in [0.4, 0.5) is 13.2 Å². The van der Waals surface area contributed by atoms with Gasteiger partial charge in [-0.15, -0.1) is 0 Å². The Labute approximate surface area is 143 Å². The number of hydrogen-bond donors (Lipinski definition) is 0. The van der Waals surface area contributed by atoms with Crippen LogP contribution >= 0.6 is 0 Å². The molecule has 0 bridgehead atoms. The number of rotatable bonds is 2. The zero-order valence-corrected chi connectivity index (χ0v) is 13.3. The molecule has 2 aliphatic rings. The Morgan fingerprint density at radius 1 is 1.08 bits per heavy atom. The highest BCUT2D eigenvalue weighted by Crippen LogP contribution is 2.43. The van der Waals surface area contributed by atoms with Gasteiger partial charge in [-0.3, -0.25) is 4.79 Å². The number of halogens is 3. The van der Waals surface area contributed by atoms with Crippen LogP contribution in [-0.4, -0.2) is 23.5 Å². The van der Waals surface area contributed by atoms with E-state index in [2.05, 4.69) is 0 Å². The fourth-order valence-electron chi connectivity index (χ4n) is 3.71. The van der Waals surface area contributed by atoms with E-state index in [9.17, 15) is 18.0 Å². The number of fused-ring (bicyclic) bond motifs is 3. The average Bonchev–Trinajstić information content (AvgIpc) is 2.91. The standard InChI is InChI=1S/C19H16F3NO2/c20-19(21,22)15-8-4-7-13-14(15)11-25-16-10-23(18(24)17(13)16)9-12-5-2-1-3-6-12/h1-8,16-17H,9-11H2/t16-,17+/m1/s1. The summed E-state index contributed by atoms with van der Waals surface area (Å²) < 4.78 is 45.3. The Kier molecular flexibility index (Phi) is 3.80. The minimum absolute atomic E-state index is 0.0890. The lowest BCUT2D eigenvalue weighted by molar-refractivity contribution is -0.140. The van der Waals surface area contributed by atoms with Crippen molar-refractivity contribution in [2.75, 3.05) is 6.54 Å². The number of carbonyl (C=O) groups excluding carboxylic acids is 1. The molecular weight excluding hydrogens is 331 g/mol. The summed E-state index contributed by atoms with van der Waals surface area (Å²) in [5, 5.41) is 0. The number of amides is 1. The van der Waals surface area contributed by atoms with Gasteiger partial charge in [0.1, 0.15) is 0 Å². The second-order valence-electron chi connectivity index (χ2n) is 6.40. The number of benzene rings is 2. The number of ether oxygens (including phenoxy) is 1. The summed E-state index contributed by atoms with van der Waals surface area (Å²) in [7, 11) is 0. The molecule has 25 heavy (non-hydrogen) atoms. The highest BCUT2D eigenvalue weighted by Gasteiger charge is 2.47. The molecule has 0 unspecified atom stereocenters. The highest BCUT2D eigenvalue weighted by atomic mass is 19.4. The Balaban J connectivity index is 1.66. The van der Waals surface area contributed by atoms with Gasteiger partial charge in [0.05, 0.1) is 24.2 Å². The highest BCUT2D eigenvalue weighted by molar-refractivity contribution is 5.87. The van der Waals surface area contributed by atoms with Gasteiger partial charge >= 0.3 is 6.18 Å². The monoisotopic (exact) mass is 347 g/mol. The molecule has 1 fully saturated rings. The van der Waals surface area contributed by atoms with Crippen LogP contribution in [0.25, 0.3) is 0 Å². The molecule has 0 saturated carbocycles. The van der Waals surface area contributed by atoms with Crippen molar-refractivity contribution >= 4 is 5.91 Å². The average molecular weight is 347 g/mol. The van der Waals surface area contributed by atoms with E-state index in [4.69, 9.17) is 4.74 Å². The largest absolute Gasteiger partial charge is 0.416 e. The van der Waals surface area contributed by atoms with Crippen molar-refractivity contribution in [3.63, 3.8) is 0 Å². The Morgan fingerprint density at radius 2 is 1.84 bits per heavy atom. The second kappa shape index (κ2) is 5.88. The van der Waals surface area contributed by atoms with Gasteiger partial charge in [-0.25, -0.2) is 0 Å². The molecule has 6 heteroatoms. The van der Waals surface area contributed by atoms with Gasteiger partial charge in [-0.1, -0.05) is 42.5 Å². The molecule has 2 atom stereocenters. The quantitative estimate of drug-likeness (QED) is 0.828. The molecule has 1 amide bonds. The number of carbonyl (C=O) groups is 1. The first-order valence-electron chi connectivity index (χ1n) is 8.08. The summed E-state index contributed by atoms with van der Waals surface area (Å²) in [6, 6.07) is 13.6. The molecular formula is C19H16F3NO2. The molecule has 130 valence electrons. The zero-order valence-electron chi connectivity index (χ0n) is 13.3. The first kappa shape index (κ1) is 16.1. The van der Waals surface area contributed by atoms with E-state index in [1.165, 1.54) is 6.07 Å². The predicted octanol–water partition coefficient (Wildman–Crippen LogP) is 3.73. The minimum atomic E-state index is -4.45. The van der Waals surface area contributed by atoms with Crippen molar-refractivity contribution in [2.24, 2.45) is 0 Å². The molecule has 0 aromatic heterocycles. The van der Waals surface area contributed by atoms with Gasteiger partial charge in [0.25, 0.3) is 0 Å². The first-order valence-corrected chi connectivity index (χ1v) is 8.08. The van der Waals surface area contributed by atoms with E-state index in [1.807, 2.05) is 30.3 Å². The fraction of sp³-hybridized carbons (Fsp3) is 0.316. The molecule has 1 saturated heterocycles. The number of alkyl halides is 3. The van der Waals surface area contributed by atoms with Gasteiger partial charge in [-0.05, 0) is 22.8 Å². The van der Waals surface area contributed by atoms with E-state index in [0.29, 0.717) is 18.7 Å². The summed E-state index contributed by atoms with van der Waals surface area (Å²) in [5.74, 6) is -0.830. The number of likely N-dealkylation sites (tertiary alicyclic amines) is 1. The van der Waals surface area contributed by atoms with Crippen LogP contribution in [0, 0.1) is 0 Å². The van der Waals surface area contributed by atoms with E-state index >= 15 is 0 Å². The van der Waals surface area contributed by atoms with Crippen molar-refractivity contribution < 1.29 is 22.7 Å². The van der Waals surface area contributed by atoms with Gasteiger partial charge < -0.3 is 9.64 Å². The molecule has 0 N–H and O–H groups in total. The van der Waals surface area contributed by atoms with Gasteiger partial charge in [0.2, 0.25) is 5.91 Å². The van der Waals surface area contributed by atoms with Gasteiger partial charge in [0, 0.05) is 13.1 Å². The second-order valence-corrected chi connectivity index (χ2v) is 6.40. The summed E-state index contributed by atoms with van der Waals surface area (Å²) in [5.41, 5.74) is 0.814. The maximum Gasteiger partial charge on any atom is 0.416 e. The lowest BCUT2D eigenvalue weighted by Crippen LogP contribution is -2.30. The predicted molar refractivity (Wildman–Crippen MR) is 84.6 cm³/mol. The molecule has 2 aliphatic heterocycles.